The molecule has 1 aromatic carbocycles. The van der Waals surface area contributed by atoms with Gasteiger partial charge in [0.05, 0.1) is 0 Å². The summed E-state index contributed by atoms with van der Waals surface area (Å²) < 4.78 is 2.09. The third-order valence-corrected chi connectivity index (χ3v) is 2.31. The molecule has 80 valence electrons. The summed E-state index contributed by atoms with van der Waals surface area (Å²) in [7, 11) is 8.09. The van der Waals surface area contributed by atoms with E-state index in [0.29, 0.717) is 0 Å². The van der Waals surface area contributed by atoms with Crippen LogP contribution in [0.1, 0.15) is 5.56 Å². The van der Waals surface area contributed by atoms with Crippen molar-refractivity contribution in [3.8, 4) is 0 Å². The summed E-state index contributed by atoms with van der Waals surface area (Å²) in [4.78, 5) is 2.03. The van der Waals surface area contributed by atoms with Crippen LogP contribution in [0.2, 0.25) is 0 Å². The second-order valence-corrected chi connectivity index (χ2v) is 3.95. The van der Waals surface area contributed by atoms with Gasteiger partial charge in [0.25, 0.3) is 0 Å². The number of likely N-dealkylation sites (N-methyl/N-ethyl adjacent to an activating group) is 1. The molecule has 0 radical (unpaired) electrons. The van der Waals surface area contributed by atoms with E-state index in [4.69, 9.17) is 0 Å². The predicted octanol–water partition coefficient (Wildman–Crippen LogP) is 1.82. The van der Waals surface area contributed by atoms with E-state index in [2.05, 4.69) is 23.3 Å². The summed E-state index contributed by atoms with van der Waals surface area (Å²) in [5, 5.41) is 0. The maximum Gasteiger partial charge on any atom is 0.229 e. The molecule has 2 heteroatoms. The molecule has 0 saturated heterocycles. The van der Waals surface area contributed by atoms with Crippen molar-refractivity contribution in [2.24, 2.45) is 0 Å². The first-order valence-electron chi connectivity index (χ1n) is 5.00. The standard InChI is InChI=1S/C13H19N2/c1-11(14(2)3)13(15(4)5)12-9-7-6-8-10-12/h6-10H,1H2,2-5H3/q+1. The smallest absolute Gasteiger partial charge is 0.229 e. The maximum absolute atomic E-state index is 4.10. The molecule has 0 fully saturated rings. The molecule has 0 aliphatic heterocycles. The monoisotopic (exact) mass is 203 g/mol. The van der Waals surface area contributed by atoms with Gasteiger partial charge in [0, 0.05) is 19.7 Å². The van der Waals surface area contributed by atoms with Crippen molar-refractivity contribution < 1.29 is 4.58 Å². The van der Waals surface area contributed by atoms with Crippen LogP contribution in [0.15, 0.2) is 42.6 Å². The van der Waals surface area contributed by atoms with Gasteiger partial charge in [0.1, 0.15) is 19.8 Å². The Morgan fingerprint density at radius 2 is 1.67 bits per heavy atom. The van der Waals surface area contributed by atoms with Crippen LogP contribution in [-0.2, 0) is 0 Å². The van der Waals surface area contributed by atoms with E-state index >= 15 is 0 Å². The van der Waals surface area contributed by atoms with Crippen molar-refractivity contribution in [2.75, 3.05) is 28.2 Å². The minimum Gasteiger partial charge on any atom is -0.373 e. The zero-order valence-corrected chi connectivity index (χ0v) is 9.99. The van der Waals surface area contributed by atoms with Crippen molar-refractivity contribution >= 4 is 5.71 Å². The Balaban J connectivity index is 3.18. The van der Waals surface area contributed by atoms with Crippen LogP contribution < -0.4 is 0 Å². The van der Waals surface area contributed by atoms with E-state index < -0.39 is 0 Å². The van der Waals surface area contributed by atoms with E-state index in [0.717, 1.165) is 11.4 Å². The molecule has 0 aliphatic carbocycles. The van der Waals surface area contributed by atoms with Crippen molar-refractivity contribution in [3.05, 3.63) is 48.2 Å². The molecule has 0 saturated carbocycles. The third-order valence-electron chi connectivity index (χ3n) is 2.31. The normalized spacial score (nSPS) is 9.60. The van der Waals surface area contributed by atoms with Gasteiger partial charge >= 0.3 is 0 Å². The zero-order chi connectivity index (χ0) is 11.4. The van der Waals surface area contributed by atoms with Gasteiger partial charge in [-0.3, -0.25) is 0 Å². The van der Waals surface area contributed by atoms with Crippen LogP contribution >= 0.6 is 0 Å². The average Bonchev–Trinajstić information content (AvgIpc) is 2.18. The van der Waals surface area contributed by atoms with Gasteiger partial charge in [-0.2, -0.15) is 0 Å². The lowest BCUT2D eigenvalue weighted by Crippen LogP contribution is -2.25. The zero-order valence-electron chi connectivity index (χ0n) is 9.99. The molecule has 0 amide bonds. The maximum atomic E-state index is 4.10. The molecule has 0 spiro atoms. The van der Waals surface area contributed by atoms with Gasteiger partial charge in [-0.25, -0.2) is 4.58 Å². The number of allylic oxidation sites excluding steroid dienone is 1. The highest BCUT2D eigenvalue weighted by atomic mass is 15.1. The minimum absolute atomic E-state index is 1.02. The Hall–Kier alpha value is -1.57. The Morgan fingerprint density at radius 1 is 1.13 bits per heavy atom. The third kappa shape index (κ3) is 2.69. The van der Waals surface area contributed by atoms with E-state index in [1.165, 1.54) is 5.56 Å². The molecule has 2 nitrogen and oxygen atoms in total. The lowest BCUT2D eigenvalue weighted by molar-refractivity contribution is -0.463. The van der Waals surface area contributed by atoms with Crippen molar-refractivity contribution in [2.45, 2.75) is 0 Å². The molecule has 0 bridgehead atoms. The highest BCUT2D eigenvalue weighted by molar-refractivity contribution is 6.08. The second-order valence-electron chi connectivity index (χ2n) is 3.95. The van der Waals surface area contributed by atoms with Crippen molar-refractivity contribution in [3.63, 3.8) is 0 Å². The Labute approximate surface area is 92.2 Å². The van der Waals surface area contributed by atoms with Crippen LogP contribution in [0.25, 0.3) is 0 Å². The summed E-state index contributed by atoms with van der Waals surface area (Å²) in [6.07, 6.45) is 0. The summed E-state index contributed by atoms with van der Waals surface area (Å²) in [5.41, 5.74) is 3.37. The second kappa shape index (κ2) is 4.78. The molecular formula is C13H19N2+. The summed E-state index contributed by atoms with van der Waals surface area (Å²) in [6.45, 7) is 4.10. The lowest BCUT2D eigenvalue weighted by atomic mass is 10.1. The highest BCUT2D eigenvalue weighted by Crippen LogP contribution is 2.08. The van der Waals surface area contributed by atoms with Gasteiger partial charge in [-0.05, 0) is 12.1 Å². The first-order chi connectivity index (χ1) is 7.04. The quantitative estimate of drug-likeness (QED) is 0.536. The molecule has 0 atom stereocenters. The molecular weight excluding hydrogens is 184 g/mol. The van der Waals surface area contributed by atoms with Gasteiger partial charge in [0.2, 0.25) is 5.71 Å². The lowest BCUT2D eigenvalue weighted by Gasteiger charge is -2.15. The predicted molar refractivity (Wildman–Crippen MR) is 65.5 cm³/mol. The SMILES string of the molecule is C=C(C(c1ccccc1)=[N+](C)C)N(C)C. The molecule has 0 N–H and O–H groups in total. The summed E-state index contributed by atoms with van der Waals surface area (Å²) in [6, 6.07) is 10.3. The van der Waals surface area contributed by atoms with E-state index in [1.807, 2.05) is 51.3 Å². The molecule has 0 unspecified atom stereocenters. The molecule has 1 rings (SSSR count). The summed E-state index contributed by atoms with van der Waals surface area (Å²) in [5.74, 6) is 0. The Kier molecular flexibility index (Phi) is 3.67. The van der Waals surface area contributed by atoms with Gasteiger partial charge in [-0.1, -0.05) is 24.8 Å². The largest absolute Gasteiger partial charge is 0.373 e. The minimum atomic E-state index is 1.02. The Bertz CT molecular complexity index is 371. The van der Waals surface area contributed by atoms with Crippen LogP contribution in [0.4, 0.5) is 0 Å². The van der Waals surface area contributed by atoms with Crippen LogP contribution in [0.3, 0.4) is 0 Å². The molecule has 0 heterocycles. The highest BCUT2D eigenvalue weighted by Gasteiger charge is 2.16. The molecule has 15 heavy (non-hydrogen) atoms. The Morgan fingerprint density at radius 3 is 2.07 bits per heavy atom. The number of hydrogen-bond donors (Lipinski definition) is 0. The number of benzene rings is 1. The van der Waals surface area contributed by atoms with Gasteiger partial charge < -0.3 is 4.90 Å². The topological polar surface area (TPSA) is 6.25 Å². The van der Waals surface area contributed by atoms with Gasteiger partial charge in [0.15, 0.2) is 0 Å². The molecule has 0 aromatic heterocycles. The fraction of sp³-hybridized carbons (Fsp3) is 0.308. The number of rotatable bonds is 3. The number of hydrogen-bond acceptors (Lipinski definition) is 1. The van der Waals surface area contributed by atoms with E-state index in [9.17, 15) is 0 Å². The van der Waals surface area contributed by atoms with Crippen LogP contribution in [-0.4, -0.2) is 43.4 Å². The average molecular weight is 203 g/mol. The first kappa shape index (κ1) is 11.5. The number of nitrogens with zero attached hydrogens (tertiary/aromatic N) is 2. The fourth-order valence-corrected chi connectivity index (χ4v) is 1.49. The summed E-state index contributed by atoms with van der Waals surface area (Å²) >= 11 is 0. The van der Waals surface area contributed by atoms with Crippen molar-refractivity contribution in [1.29, 1.82) is 0 Å². The molecule has 1 aromatic rings. The van der Waals surface area contributed by atoms with E-state index in [1.54, 1.807) is 0 Å². The first-order valence-corrected chi connectivity index (χ1v) is 5.00. The molecule has 0 aliphatic rings. The van der Waals surface area contributed by atoms with Gasteiger partial charge in [-0.15, -0.1) is 0 Å². The van der Waals surface area contributed by atoms with Crippen LogP contribution in [0.5, 0.6) is 0 Å². The van der Waals surface area contributed by atoms with Crippen molar-refractivity contribution in [1.82, 2.24) is 4.90 Å². The van der Waals surface area contributed by atoms with E-state index in [-0.39, 0.29) is 0 Å². The fourth-order valence-electron chi connectivity index (χ4n) is 1.49. The van der Waals surface area contributed by atoms with Crippen LogP contribution in [0, 0.1) is 0 Å².